The monoisotopic (exact) mass is 280 g/mol. The maximum atomic E-state index is 12.7. The van der Waals surface area contributed by atoms with Crippen molar-refractivity contribution in [1.29, 1.82) is 0 Å². The van der Waals surface area contributed by atoms with Gasteiger partial charge in [0.05, 0.1) is 17.4 Å². The molecule has 2 heterocycles. The molecule has 6 heteroatoms. The van der Waals surface area contributed by atoms with Crippen LogP contribution in [0.1, 0.15) is 29.4 Å². The molecule has 6 nitrogen and oxygen atoms in total. The first-order valence-corrected chi connectivity index (χ1v) is 7.08. The van der Waals surface area contributed by atoms with Crippen molar-refractivity contribution in [3.63, 3.8) is 0 Å². The van der Waals surface area contributed by atoms with Gasteiger partial charge in [-0.1, -0.05) is 6.92 Å². The molecule has 1 N–H and O–H groups in total. The molecule has 2 rings (SSSR count). The molecule has 1 aliphatic rings. The lowest BCUT2D eigenvalue weighted by atomic mass is 10.1. The van der Waals surface area contributed by atoms with E-state index in [9.17, 15) is 9.90 Å². The van der Waals surface area contributed by atoms with Crippen molar-refractivity contribution in [3.05, 3.63) is 17.5 Å². The van der Waals surface area contributed by atoms with Crippen LogP contribution in [0.3, 0.4) is 0 Å². The first-order chi connectivity index (χ1) is 9.42. The van der Waals surface area contributed by atoms with Crippen molar-refractivity contribution in [3.8, 4) is 0 Å². The molecule has 1 aliphatic heterocycles. The summed E-state index contributed by atoms with van der Waals surface area (Å²) in [5.41, 5.74) is 1.48. The molecule has 20 heavy (non-hydrogen) atoms. The van der Waals surface area contributed by atoms with E-state index >= 15 is 0 Å². The Bertz CT molecular complexity index is 484. The molecule has 1 aromatic heterocycles. The molecule has 1 fully saturated rings. The lowest BCUT2D eigenvalue weighted by Gasteiger charge is -2.26. The molecule has 0 saturated carbocycles. The minimum Gasteiger partial charge on any atom is -0.391 e. The number of aliphatic hydroxyl groups is 1. The molecule has 112 valence electrons. The maximum Gasteiger partial charge on any atom is 0.257 e. The first kappa shape index (κ1) is 15.0. The van der Waals surface area contributed by atoms with Gasteiger partial charge in [-0.05, 0) is 26.9 Å². The van der Waals surface area contributed by atoms with Gasteiger partial charge in [0.25, 0.3) is 5.91 Å². The zero-order valence-electron chi connectivity index (χ0n) is 12.7. The van der Waals surface area contributed by atoms with Crippen LogP contribution < -0.4 is 0 Å². The number of likely N-dealkylation sites (tertiary alicyclic amines) is 1. The Morgan fingerprint density at radius 1 is 1.55 bits per heavy atom. The van der Waals surface area contributed by atoms with Crippen molar-refractivity contribution in [2.75, 3.05) is 27.2 Å². The molecule has 0 bridgehead atoms. The first-order valence-electron chi connectivity index (χ1n) is 7.08. The second-order valence-corrected chi connectivity index (χ2v) is 5.78. The van der Waals surface area contributed by atoms with E-state index in [4.69, 9.17) is 0 Å². The zero-order chi connectivity index (χ0) is 14.9. The summed E-state index contributed by atoms with van der Waals surface area (Å²) >= 11 is 0. The highest BCUT2D eigenvalue weighted by Crippen LogP contribution is 2.22. The van der Waals surface area contributed by atoms with E-state index in [0.717, 1.165) is 18.7 Å². The van der Waals surface area contributed by atoms with Crippen LogP contribution >= 0.6 is 0 Å². The van der Waals surface area contributed by atoms with Crippen molar-refractivity contribution in [1.82, 2.24) is 19.6 Å². The smallest absolute Gasteiger partial charge is 0.257 e. The highest BCUT2D eigenvalue weighted by Gasteiger charge is 2.36. The predicted molar refractivity (Wildman–Crippen MR) is 76.6 cm³/mol. The van der Waals surface area contributed by atoms with Gasteiger partial charge in [-0.25, -0.2) is 0 Å². The average molecular weight is 280 g/mol. The molecular weight excluding hydrogens is 256 g/mol. The minimum atomic E-state index is -0.425. The average Bonchev–Trinajstić information content (AvgIpc) is 2.91. The van der Waals surface area contributed by atoms with E-state index in [1.165, 1.54) is 0 Å². The number of carbonyl (C=O) groups excluding carboxylic acids is 1. The fraction of sp³-hybridized carbons (Fsp3) is 0.714. The fourth-order valence-electron chi connectivity index (χ4n) is 2.86. The third kappa shape index (κ3) is 3.02. The number of aromatic nitrogens is 2. The summed E-state index contributed by atoms with van der Waals surface area (Å²) in [5, 5.41) is 14.2. The number of aryl methyl sites for hydroxylation is 2. The van der Waals surface area contributed by atoms with Crippen molar-refractivity contribution in [2.45, 2.75) is 31.9 Å². The Labute approximate surface area is 120 Å². The van der Waals surface area contributed by atoms with Gasteiger partial charge in [0, 0.05) is 32.4 Å². The summed E-state index contributed by atoms with van der Waals surface area (Å²) in [4.78, 5) is 16.6. The molecule has 0 aromatic carbocycles. The van der Waals surface area contributed by atoms with Crippen molar-refractivity contribution in [2.24, 2.45) is 7.05 Å². The van der Waals surface area contributed by atoms with Gasteiger partial charge in [0.1, 0.15) is 0 Å². The van der Waals surface area contributed by atoms with Crippen LogP contribution in [0, 0.1) is 0 Å². The summed E-state index contributed by atoms with van der Waals surface area (Å²) in [5.74, 6) is -0.0154. The van der Waals surface area contributed by atoms with Gasteiger partial charge in [-0.2, -0.15) is 5.10 Å². The molecule has 1 amide bonds. The summed E-state index contributed by atoms with van der Waals surface area (Å²) in [6, 6.07) is 0.0670. The van der Waals surface area contributed by atoms with Crippen LogP contribution in [-0.4, -0.2) is 69.9 Å². The second kappa shape index (κ2) is 5.93. The summed E-state index contributed by atoms with van der Waals surface area (Å²) < 4.78 is 1.68. The largest absolute Gasteiger partial charge is 0.391 e. The summed E-state index contributed by atoms with van der Waals surface area (Å²) in [6.45, 7) is 3.18. The normalized spacial score (nSPS) is 22.8. The zero-order valence-corrected chi connectivity index (χ0v) is 12.7. The Balaban J connectivity index is 2.21. The molecule has 2 unspecified atom stereocenters. The lowest BCUT2D eigenvalue weighted by molar-refractivity contribution is 0.0698. The quantitative estimate of drug-likeness (QED) is 0.851. The number of β-amino-alcohol motifs (C(OH)–C–C–N with tert-alkyl or cyclic N) is 1. The van der Waals surface area contributed by atoms with Crippen LogP contribution in [0.25, 0.3) is 0 Å². The molecule has 1 saturated heterocycles. The highest BCUT2D eigenvalue weighted by atomic mass is 16.3. The van der Waals surface area contributed by atoms with Crippen LogP contribution in [-0.2, 0) is 13.5 Å². The van der Waals surface area contributed by atoms with E-state index in [0.29, 0.717) is 18.5 Å². The molecule has 2 atom stereocenters. The number of nitrogens with zero attached hydrogens (tertiary/aromatic N) is 4. The number of likely N-dealkylation sites (N-methyl/N-ethyl adjacent to an activating group) is 1. The summed E-state index contributed by atoms with van der Waals surface area (Å²) in [7, 11) is 5.79. The number of hydrogen-bond donors (Lipinski definition) is 1. The molecule has 0 spiro atoms. The SMILES string of the molecule is CCc1nn(C)cc1C(=O)N1CC(O)CC1CN(C)C. The third-order valence-corrected chi connectivity index (χ3v) is 3.70. The van der Waals surface area contributed by atoms with E-state index in [-0.39, 0.29) is 11.9 Å². The van der Waals surface area contributed by atoms with Crippen LogP contribution in [0.5, 0.6) is 0 Å². The number of hydrogen-bond acceptors (Lipinski definition) is 4. The van der Waals surface area contributed by atoms with Gasteiger partial charge in [-0.15, -0.1) is 0 Å². The van der Waals surface area contributed by atoms with Gasteiger partial charge in [0.15, 0.2) is 0 Å². The molecule has 0 radical (unpaired) electrons. The van der Waals surface area contributed by atoms with E-state index in [1.54, 1.807) is 15.8 Å². The van der Waals surface area contributed by atoms with E-state index < -0.39 is 6.10 Å². The Morgan fingerprint density at radius 3 is 2.85 bits per heavy atom. The Hall–Kier alpha value is -1.40. The molecule has 1 aromatic rings. The van der Waals surface area contributed by atoms with Crippen molar-refractivity contribution >= 4 is 5.91 Å². The number of carbonyl (C=O) groups is 1. The van der Waals surface area contributed by atoms with Crippen LogP contribution in [0.4, 0.5) is 0 Å². The molecule has 0 aliphatic carbocycles. The number of aliphatic hydroxyl groups excluding tert-OH is 1. The maximum absolute atomic E-state index is 12.7. The van der Waals surface area contributed by atoms with E-state index in [1.807, 2.05) is 33.0 Å². The van der Waals surface area contributed by atoms with Gasteiger partial charge < -0.3 is 14.9 Å². The Kier molecular flexibility index (Phi) is 4.45. The molecular formula is C14H24N4O2. The predicted octanol–water partition coefficient (Wildman–Crippen LogP) is 0.119. The fourth-order valence-corrected chi connectivity index (χ4v) is 2.86. The third-order valence-electron chi connectivity index (χ3n) is 3.70. The minimum absolute atomic E-state index is 0.0154. The number of rotatable bonds is 4. The summed E-state index contributed by atoms with van der Waals surface area (Å²) in [6.07, 6.45) is 2.73. The second-order valence-electron chi connectivity index (χ2n) is 5.78. The van der Waals surface area contributed by atoms with Crippen LogP contribution in [0.2, 0.25) is 0 Å². The topological polar surface area (TPSA) is 61.6 Å². The number of amides is 1. The van der Waals surface area contributed by atoms with Gasteiger partial charge in [-0.3, -0.25) is 9.48 Å². The van der Waals surface area contributed by atoms with Crippen LogP contribution in [0.15, 0.2) is 6.20 Å². The van der Waals surface area contributed by atoms with Gasteiger partial charge in [0.2, 0.25) is 0 Å². The Morgan fingerprint density at radius 2 is 2.25 bits per heavy atom. The van der Waals surface area contributed by atoms with Gasteiger partial charge >= 0.3 is 0 Å². The van der Waals surface area contributed by atoms with Crippen molar-refractivity contribution < 1.29 is 9.90 Å². The standard InChI is InChI=1S/C14H24N4O2/c1-5-13-12(9-17(4)15-13)14(20)18-8-11(19)6-10(18)7-16(2)3/h9-11,19H,5-8H2,1-4H3. The van der Waals surface area contributed by atoms with E-state index in [2.05, 4.69) is 5.10 Å². The highest BCUT2D eigenvalue weighted by molar-refractivity contribution is 5.95. The lowest BCUT2D eigenvalue weighted by Crippen LogP contribution is -2.41.